The number of allylic oxidation sites excluding steroid dienone is 3. The highest BCUT2D eigenvalue weighted by Gasteiger charge is 2.22. The number of benzene rings is 2. The van der Waals surface area contributed by atoms with E-state index in [1.165, 1.54) is 0 Å². The second kappa shape index (κ2) is 9.14. The Labute approximate surface area is 183 Å². The standard InChI is InChI=1S/C23H21ClN2O5/c1-2-6-18-15(9-10-21(25-18)30-14-7-4-3-5-8-14)23-16-11-20(29-13-22(27)28)17(24)12-19(16)31-26-23/h3-5,7-12,21,25H,2,6,13H2,1H3,(H,27,28). The fourth-order valence-electron chi connectivity index (χ4n) is 3.36. The minimum atomic E-state index is -1.08. The molecule has 2 heterocycles. The highest BCUT2D eigenvalue weighted by Crippen LogP contribution is 2.36. The average molecular weight is 441 g/mol. The number of hydrogen-bond donors (Lipinski definition) is 2. The normalized spacial score (nSPS) is 15.7. The number of hydrogen-bond acceptors (Lipinski definition) is 6. The average Bonchev–Trinajstić information content (AvgIpc) is 3.15. The minimum absolute atomic E-state index is 0.257. The number of nitrogens with zero attached hydrogens (tertiary/aromatic N) is 1. The van der Waals surface area contributed by atoms with Gasteiger partial charge in [-0.1, -0.05) is 48.3 Å². The van der Waals surface area contributed by atoms with E-state index in [2.05, 4.69) is 17.4 Å². The van der Waals surface area contributed by atoms with Gasteiger partial charge in [-0.05, 0) is 36.8 Å². The third-order valence-electron chi connectivity index (χ3n) is 4.72. The highest BCUT2D eigenvalue weighted by molar-refractivity contribution is 6.32. The molecule has 4 rings (SSSR count). The number of carboxylic acids is 1. The van der Waals surface area contributed by atoms with Crippen LogP contribution in [0, 0.1) is 0 Å². The lowest BCUT2D eigenvalue weighted by Gasteiger charge is -2.25. The summed E-state index contributed by atoms with van der Waals surface area (Å²) in [6.07, 6.45) is 5.28. The van der Waals surface area contributed by atoms with E-state index in [0.29, 0.717) is 16.7 Å². The van der Waals surface area contributed by atoms with Gasteiger partial charge in [-0.15, -0.1) is 0 Å². The van der Waals surface area contributed by atoms with Gasteiger partial charge in [-0.3, -0.25) is 0 Å². The van der Waals surface area contributed by atoms with Gasteiger partial charge in [-0.25, -0.2) is 4.79 Å². The van der Waals surface area contributed by atoms with E-state index in [0.717, 1.165) is 29.9 Å². The van der Waals surface area contributed by atoms with Crippen molar-refractivity contribution < 1.29 is 23.9 Å². The largest absolute Gasteiger partial charge is 0.480 e. The number of fused-ring (bicyclic) bond motifs is 1. The minimum Gasteiger partial charge on any atom is -0.480 e. The third-order valence-corrected chi connectivity index (χ3v) is 5.01. The molecule has 1 aromatic heterocycles. The van der Waals surface area contributed by atoms with Crippen molar-refractivity contribution in [3.8, 4) is 11.5 Å². The van der Waals surface area contributed by atoms with Crippen LogP contribution in [0.3, 0.4) is 0 Å². The first kappa shape index (κ1) is 20.8. The highest BCUT2D eigenvalue weighted by atomic mass is 35.5. The molecule has 31 heavy (non-hydrogen) atoms. The molecule has 0 spiro atoms. The van der Waals surface area contributed by atoms with Crippen molar-refractivity contribution >= 4 is 34.1 Å². The molecule has 0 saturated heterocycles. The molecule has 0 saturated carbocycles. The summed E-state index contributed by atoms with van der Waals surface area (Å²) in [5.74, 6) is -0.0547. The van der Waals surface area contributed by atoms with Crippen molar-refractivity contribution in [1.82, 2.24) is 10.5 Å². The Morgan fingerprint density at radius 1 is 1.29 bits per heavy atom. The van der Waals surface area contributed by atoms with Crippen LogP contribution >= 0.6 is 11.6 Å². The van der Waals surface area contributed by atoms with Crippen LogP contribution in [0.15, 0.2) is 64.8 Å². The van der Waals surface area contributed by atoms with Crippen molar-refractivity contribution in [3.05, 3.63) is 71.0 Å². The van der Waals surface area contributed by atoms with E-state index in [9.17, 15) is 4.79 Å². The lowest BCUT2D eigenvalue weighted by atomic mass is 10.0. The first-order valence-corrected chi connectivity index (χ1v) is 10.3. The topological polar surface area (TPSA) is 93.8 Å². The van der Waals surface area contributed by atoms with Crippen LogP contribution in [0.4, 0.5) is 0 Å². The summed E-state index contributed by atoms with van der Waals surface area (Å²) in [4.78, 5) is 10.9. The Kier molecular flexibility index (Phi) is 6.13. The van der Waals surface area contributed by atoms with Crippen molar-refractivity contribution in [1.29, 1.82) is 0 Å². The molecule has 3 aromatic rings. The Balaban J connectivity index is 1.66. The molecule has 7 nitrogen and oxygen atoms in total. The number of carboxylic acid groups (broad SMARTS) is 1. The third kappa shape index (κ3) is 4.67. The first-order chi connectivity index (χ1) is 15.0. The Bertz CT molecular complexity index is 1150. The molecule has 0 aliphatic carbocycles. The van der Waals surface area contributed by atoms with Crippen molar-refractivity contribution in [3.63, 3.8) is 0 Å². The van der Waals surface area contributed by atoms with Crippen LogP contribution in [0.1, 0.15) is 25.5 Å². The lowest BCUT2D eigenvalue weighted by molar-refractivity contribution is -0.139. The van der Waals surface area contributed by atoms with Gasteiger partial charge >= 0.3 is 5.97 Å². The first-order valence-electron chi connectivity index (χ1n) is 9.88. The predicted octanol–water partition coefficient (Wildman–Crippen LogP) is 5.02. The zero-order chi connectivity index (χ0) is 21.8. The molecule has 0 fully saturated rings. The van der Waals surface area contributed by atoms with E-state index in [1.54, 1.807) is 12.1 Å². The number of para-hydroxylation sites is 1. The molecule has 0 radical (unpaired) electrons. The summed E-state index contributed by atoms with van der Waals surface area (Å²) in [5.41, 5.74) is 2.96. The maximum Gasteiger partial charge on any atom is 0.341 e. The predicted molar refractivity (Wildman–Crippen MR) is 117 cm³/mol. The van der Waals surface area contributed by atoms with Crippen molar-refractivity contribution in [2.24, 2.45) is 0 Å². The van der Waals surface area contributed by atoms with E-state index < -0.39 is 12.6 Å². The summed E-state index contributed by atoms with van der Waals surface area (Å²) < 4.78 is 16.8. The summed E-state index contributed by atoms with van der Waals surface area (Å²) in [7, 11) is 0. The van der Waals surface area contributed by atoms with Gasteiger partial charge in [-0.2, -0.15) is 0 Å². The second-order valence-corrected chi connectivity index (χ2v) is 7.40. The monoisotopic (exact) mass is 440 g/mol. The van der Waals surface area contributed by atoms with Crippen LogP contribution in [0.2, 0.25) is 5.02 Å². The molecule has 160 valence electrons. The number of rotatable bonds is 8. The number of dihydropyridines is 1. The second-order valence-electron chi connectivity index (χ2n) is 6.99. The van der Waals surface area contributed by atoms with Gasteiger partial charge in [0, 0.05) is 17.3 Å². The number of halogens is 1. The van der Waals surface area contributed by atoms with E-state index in [-0.39, 0.29) is 17.0 Å². The zero-order valence-electron chi connectivity index (χ0n) is 16.8. The number of nitrogens with one attached hydrogen (secondary N) is 1. The molecule has 2 N–H and O–H groups in total. The van der Waals surface area contributed by atoms with Crippen molar-refractivity contribution in [2.75, 3.05) is 6.61 Å². The number of aliphatic carboxylic acids is 1. The Hall–Kier alpha value is -3.45. The smallest absolute Gasteiger partial charge is 0.341 e. The zero-order valence-corrected chi connectivity index (χ0v) is 17.6. The summed E-state index contributed by atoms with van der Waals surface area (Å²) in [6, 6.07) is 12.8. The van der Waals surface area contributed by atoms with Crippen molar-refractivity contribution in [2.45, 2.75) is 26.0 Å². The van der Waals surface area contributed by atoms with E-state index in [1.807, 2.05) is 42.5 Å². The summed E-state index contributed by atoms with van der Waals surface area (Å²) in [6.45, 7) is 1.60. The molecule has 0 amide bonds. The molecule has 8 heteroatoms. The van der Waals surface area contributed by atoms with Crippen LogP contribution in [-0.2, 0) is 4.79 Å². The van der Waals surface area contributed by atoms with Crippen LogP contribution in [0.25, 0.3) is 16.5 Å². The Morgan fingerprint density at radius 3 is 2.84 bits per heavy atom. The van der Waals surface area contributed by atoms with E-state index in [4.69, 9.17) is 30.7 Å². The lowest BCUT2D eigenvalue weighted by Crippen LogP contribution is -2.34. The van der Waals surface area contributed by atoms with Gasteiger partial charge in [0.2, 0.25) is 0 Å². The molecule has 1 unspecified atom stereocenters. The molecule has 2 aromatic carbocycles. The summed E-state index contributed by atoms with van der Waals surface area (Å²) >= 11 is 6.20. The number of carbonyl (C=O) groups is 1. The molecular formula is C23H21ClN2O5. The van der Waals surface area contributed by atoms with Gasteiger partial charge in [0.25, 0.3) is 0 Å². The van der Waals surface area contributed by atoms with Gasteiger partial charge in [0.1, 0.15) is 17.2 Å². The van der Waals surface area contributed by atoms with Crippen LogP contribution in [0.5, 0.6) is 11.5 Å². The molecule has 1 atom stereocenters. The quantitative estimate of drug-likeness (QED) is 0.507. The fourth-order valence-corrected chi connectivity index (χ4v) is 3.57. The maximum absolute atomic E-state index is 10.9. The maximum atomic E-state index is 10.9. The SMILES string of the molecule is CCCC1=C(c2noc3cc(Cl)c(OCC(=O)O)cc23)C=CC(Oc2ccccc2)N1. The van der Waals surface area contributed by atoms with Gasteiger partial charge in [0.15, 0.2) is 18.4 Å². The Morgan fingerprint density at radius 2 is 2.10 bits per heavy atom. The number of ether oxygens (including phenoxy) is 2. The molecule has 0 bridgehead atoms. The fraction of sp³-hybridized carbons (Fsp3) is 0.217. The van der Waals surface area contributed by atoms with E-state index >= 15 is 0 Å². The number of aromatic nitrogens is 1. The molecule has 1 aliphatic heterocycles. The molecule has 1 aliphatic rings. The van der Waals surface area contributed by atoms with Gasteiger partial charge in [0.05, 0.1) is 10.4 Å². The molecular weight excluding hydrogens is 420 g/mol. The van der Waals surface area contributed by atoms with Crippen LogP contribution in [-0.4, -0.2) is 29.1 Å². The van der Waals surface area contributed by atoms with Crippen LogP contribution < -0.4 is 14.8 Å². The van der Waals surface area contributed by atoms with Gasteiger partial charge < -0.3 is 24.4 Å². The summed E-state index contributed by atoms with van der Waals surface area (Å²) in [5, 5.41) is 17.5.